The van der Waals surface area contributed by atoms with Crippen LogP contribution < -0.4 is 4.80 Å². The maximum atomic E-state index is 12.5. The maximum Gasteiger partial charge on any atom is 0.285 e. The molecular weight excluding hydrogens is 352 g/mol. The average Bonchev–Trinajstić information content (AvgIpc) is 2.75. The second-order valence-corrected chi connectivity index (χ2v) is 8.44. The zero-order chi connectivity index (χ0) is 16.8. The van der Waals surface area contributed by atoms with Gasteiger partial charge in [-0.2, -0.15) is 8.42 Å². The molecule has 0 aliphatic rings. The number of aromatic nitrogens is 1. The molecule has 1 aromatic heterocycles. The van der Waals surface area contributed by atoms with Crippen LogP contribution in [0.5, 0.6) is 0 Å². The van der Waals surface area contributed by atoms with Gasteiger partial charge in [-0.25, -0.2) is 0 Å². The van der Waals surface area contributed by atoms with E-state index < -0.39 is 10.0 Å². The van der Waals surface area contributed by atoms with Gasteiger partial charge in [0, 0.05) is 12.1 Å². The van der Waals surface area contributed by atoms with Crippen LogP contribution in [-0.2, 0) is 17.1 Å². The Bertz CT molecular complexity index is 1060. The van der Waals surface area contributed by atoms with Crippen molar-refractivity contribution in [1.82, 2.24) is 4.57 Å². The molecule has 7 heteroatoms. The summed E-state index contributed by atoms with van der Waals surface area (Å²) < 4.78 is 31.8. The summed E-state index contributed by atoms with van der Waals surface area (Å²) in [6, 6.07) is 10.1. The van der Waals surface area contributed by atoms with Crippen molar-refractivity contribution in [2.45, 2.75) is 18.7 Å². The molecule has 1 heterocycles. The lowest BCUT2D eigenvalue weighted by atomic mass is 10.1. The van der Waals surface area contributed by atoms with Crippen LogP contribution in [0.15, 0.2) is 45.7 Å². The Labute approximate surface area is 143 Å². The van der Waals surface area contributed by atoms with Crippen molar-refractivity contribution < 1.29 is 8.42 Å². The topological polar surface area (TPSA) is 51.4 Å². The fraction of sp³-hybridized carbons (Fsp3) is 0.188. The van der Waals surface area contributed by atoms with Gasteiger partial charge in [-0.05, 0) is 55.3 Å². The number of aryl methyl sites for hydroxylation is 3. The average molecular weight is 367 g/mol. The van der Waals surface area contributed by atoms with E-state index in [9.17, 15) is 8.42 Å². The van der Waals surface area contributed by atoms with E-state index in [1.54, 1.807) is 12.1 Å². The lowest BCUT2D eigenvalue weighted by Gasteiger charge is -2.02. The quantitative estimate of drug-likeness (QED) is 0.692. The van der Waals surface area contributed by atoms with E-state index in [1.165, 1.54) is 23.5 Å². The number of hydrogen-bond donors (Lipinski definition) is 0. The lowest BCUT2D eigenvalue weighted by Crippen LogP contribution is -2.14. The van der Waals surface area contributed by atoms with Gasteiger partial charge in [-0.1, -0.05) is 29.0 Å². The summed E-state index contributed by atoms with van der Waals surface area (Å²) in [5.41, 5.74) is 3.25. The Morgan fingerprint density at radius 1 is 1.13 bits per heavy atom. The summed E-state index contributed by atoms with van der Waals surface area (Å²) >= 11 is 7.17. The van der Waals surface area contributed by atoms with Gasteiger partial charge in [0.2, 0.25) is 4.80 Å². The van der Waals surface area contributed by atoms with Crippen LogP contribution in [0.4, 0.5) is 0 Å². The Balaban J connectivity index is 2.23. The minimum atomic E-state index is -3.77. The third-order valence-electron chi connectivity index (χ3n) is 3.54. The zero-order valence-electron chi connectivity index (χ0n) is 12.9. The van der Waals surface area contributed by atoms with Gasteiger partial charge < -0.3 is 4.57 Å². The van der Waals surface area contributed by atoms with Crippen molar-refractivity contribution in [3.63, 3.8) is 0 Å². The van der Waals surface area contributed by atoms with Crippen LogP contribution in [-0.4, -0.2) is 13.0 Å². The number of benzene rings is 2. The highest BCUT2D eigenvalue weighted by molar-refractivity contribution is 7.90. The molecular formula is C16H15ClN2O2S2. The third kappa shape index (κ3) is 3.06. The summed E-state index contributed by atoms with van der Waals surface area (Å²) in [7, 11) is -1.94. The van der Waals surface area contributed by atoms with Crippen molar-refractivity contribution >= 4 is 43.2 Å². The smallest absolute Gasteiger partial charge is 0.285 e. The number of thiazole rings is 1. The molecule has 4 nitrogen and oxygen atoms in total. The molecule has 0 spiro atoms. The predicted octanol–water partition coefficient (Wildman–Crippen LogP) is 3.80. The molecule has 2 aromatic carbocycles. The van der Waals surface area contributed by atoms with E-state index in [0.29, 0.717) is 9.82 Å². The molecule has 0 N–H and O–H groups in total. The molecule has 0 atom stereocenters. The van der Waals surface area contributed by atoms with E-state index in [-0.39, 0.29) is 4.90 Å². The molecule has 0 saturated heterocycles. The van der Waals surface area contributed by atoms with Crippen LogP contribution >= 0.6 is 22.9 Å². The van der Waals surface area contributed by atoms with Gasteiger partial charge in [0.25, 0.3) is 10.0 Å². The molecule has 0 saturated carbocycles. The second-order valence-electron chi connectivity index (χ2n) is 5.39. The van der Waals surface area contributed by atoms with E-state index in [2.05, 4.69) is 10.5 Å². The summed E-state index contributed by atoms with van der Waals surface area (Å²) in [6.07, 6.45) is 0. The predicted molar refractivity (Wildman–Crippen MR) is 94.5 cm³/mol. The fourth-order valence-electron chi connectivity index (χ4n) is 2.53. The lowest BCUT2D eigenvalue weighted by molar-refractivity contribution is 0.596. The van der Waals surface area contributed by atoms with Gasteiger partial charge in [-0.15, -0.1) is 4.40 Å². The fourth-order valence-corrected chi connectivity index (χ4v) is 5.08. The van der Waals surface area contributed by atoms with Gasteiger partial charge >= 0.3 is 0 Å². The maximum absolute atomic E-state index is 12.5. The Morgan fingerprint density at radius 2 is 1.78 bits per heavy atom. The summed E-state index contributed by atoms with van der Waals surface area (Å²) in [4.78, 5) is 0.580. The standard InChI is InChI=1S/C16H15ClN2O2S2/c1-10-8-11(2)15-14(9-10)22-16(19(15)3)18-23(20,21)13-6-4-12(17)5-7-13/h4-9H,1-3H3/b18-16-. The van der Waals surface area contributed by atoms with Gasteiger partial charge in [-0.3, -0.25) is 0 Å². The first-order valence-corrected chi connectivity index (χ1v) is 9.55. The van der Waals surface area contributed by atoms with E-state index in [4.69, 9.17) is 11.6 Å². The third-order valence-corrected chi connectivity index (χ3v) is 6.27. The largest absolute Gasteiger partial charge is 0.319 e. The molecule has 23 heavy (non-hydrogen) atoms. The SMILES string of the molecule is Cc1cc(C)c2c(c1)s/c(=N\S(=O)(=O)c1ccc(Cl)cc1)n2C. The van der Waals surface area contributed by atoms with Crippen LogP contribution in [0.3, 0.4) is 0 Å². The molecule has 0 aliphatic heterocycles. The highest BCUT2D eigenvalue weighted by Crippen LogP contribution is 2.23. The number of sulfonamides is 1. The van der Waals surface area contributed by atoms with Crippen LogP contribution in [0.2, 0.25) is 5.02 Å². The van der Waals surface area contributed by atoms with E-state index >= 15 is 0 Å². The second kappa shape index (κ2) is 5.78. The minimum Gasteiger partial charge on any atom is -0.319 e. The highest BCUT2D eigenvalue weighted by Gasteiger charge is 2.14. The number of hydrogen-bond acceptors (Lipinski definition) is 3. The van der Waals surface area contributed by atoms with Crippen molar-refractivity contribution in [2.24, 2.45) is 11.4 Å². The molecule has 0 aliphatic carbocycles. The number of rotatable bonds is 2. The minimum absolute atomic E-state index is 0.132. The van der Waals surface area contributed by atoms with Crippen LogP contribution in [0.25, 0.3) is 10.2 Å². The normalized spacial score (nSPS) is 13.0. The Hall–Kier alpha value is -1.63. The molecule has 0 bridgehead atoms. The molecule has 0 radical (unpaired) electrons. The van der Waals surface area contributed by atoms with Gasteiger partial charge in [0.1, 0.15) is 0 Å². The van der Waals surface area contributed by atoms with Crippen molar-refractivity contribution in [3.8, 4) is 0 Å². The van der Waals surface area contributed by atoms with Crippen molar-refractivity contribution in [3.05, 3.63) is 57.3 Å². The first kappa shape index (κ1) is 16.2. The molecule has 3 rings (SSSR count). The number of fused-ring (bicyclic) bond motifs is 1. The monoisotopic (exact) mass is 366 g/mol. The van der Waals surface area contributed by atoms with E-state index in [1.807, 2.05) is 31.5 Å². The number of nitrogens with zero attached hydrogens (tertiary/aromatic N) is 2. The first-order chi connectivity index (χ1) is 10.8. The van der Waals surface area contributed by atoms with E-state index in [0.717, 1.165) is 21.3 Å². The van der Waals surface area contributed by atoms with Gasteiger partial charge in [0.05, 0.1) is 15.1 Å². The zero-order valence-corrected chi connectivity index (χ0v) is 15.3. The summed E-state index contributed by atoms with van der Waals surface area (Å²) in [5.74, 6) is 0. The summed E-state index contributed by atoms with van der Waals surface area (Å²) in [5, 5.41) is 0.488. The summed E-state index contributed by atoms with van der Waals surface area (Å²) in [6.45, 7) is 4.03. The van der Waals surface area contributed by atoms with Crippen LogP contribution in [0.1, 0.15) is 11.1 Å². The first-order valence-electron chi connectivity index (χ1n) is 6.91. The molecule has 0 unspecified atom stereocenters. The molecule has 3 aromatic rings. The number of halogens is 1. The van der Waals surface area contributed by atoms with Gasteiger partial charge in [0.15, 0.2) is 0 Å². The Kier molecular flexibility index (Phi) is 4.08. The van der Waals surface area contributed by atoms with Crippen molar-refractivity contribution in [2.75, 3.05) is 0 Å². The molecule has 0 amide bonds. The molecule has 0 fully saturated rings. The Morgan fingerprint density at radius 3 is 2.43 bits per heavy atom. The van der Waals surface area contributed by atoms with Crippen molar-refractivity contribution in [1.29, 1.82) is 0 Å². The highest BCUT2D eigenvalue weighted by atomic mass is 35.5. The molecule has 120 valence electrons. The van der Waals surface area contributed by atoms with Crippen LogP contribution in [0, 0.1) is 13.8 Å².